The van der Waals surface area contributed by atoms with E-state index < -0.39 is 0 Å². The van der Waals surface area contributed by atoms with E-state index in [1.54, 1.807) is 22.8 Å². The van der Waals surface area contributed by atoms with Gasteiger partial charge < -0.3 is 5.32 Å². The zero-order valence-electron chi connectivity index (χ0n) is 14.7. The van der Waals surface area contributed by atoms with E-state index in [9.17, 15) is 4.79 Å². The van der Waals surface area contributed by atoms with Crippen molar-refractivity contribution in [2.45, 2.75) is 36.5 Å². The summed E-state index contributed by atoms with van der Waals surface area (Å²) in [5, 5.41) is 7.22. The minimum Gasteiger partial charge on any atom is -0.349 e. The second-order valence-electron chi connectivity index (χ2n) is 6.58. The third-order valence-corrected chi connectivity index (χ3v) is 5.92. The molecule has 2 unspecified atom stereocenters. The summed E-state index contributed by atoms with van der Waals surface area (Å²) in [6.07, 6.45) is 3.97. The molecule has 6 heteroatoms. The average molecular weight is 364 g/mol. The quantitative estimate of drug-likeness (QED) is 0.770. The second kappa shape index (κ2) is 6.96. The number of aromatic nitrogens is 3. The maximum absolute atomic E-state index is 12.7. The first-order valence-corrected chi connectivity index (χ1v) is 9.49. The Morgan fingerprint density at radius 2 is 2.08 bits per heavy atom. The van der Waals surface area contributed by atoms with E-state index in [2.05, 4.69) is 40.5 Å². The monoisotopic (exact) mass is 364 g/mol. The molecule has 0 spiro atoms. The van der Waals surface area contributed by atoms with Gasteiger partial charge in [-0.1, -0.05) is 29.8 Å². The number of nitrogens with zero attached hydrogens (tertiary/aromatic N) is 3. The standard InChI is InChI=1S/C20H20N4OS/c1-13-3-4-16-10-19(26-18(16)9-13)20(25)23-14(2)15-5-7-17(8-6-15)24-12-21-11-22-24/h3-9,11-12,14,19H,10H2,1-2H3,(H,23,25). The van der Waals surface area contributed by atoms with Crippen molar-refractivity contribution in [3.8, 4) is 5.69 Å². The highest BCUT2D eigenvalue weighted by molar-refractivity contribution is 8.01. The smallest absolute Gasteiger partial charge is 0.234 e. The average Bonchev–Trinajstić information content (AvgIpc) is 3.31. The first-order valence-electron chi connectivity index (χ1n) is 8.61. The van der Waals surface area contributed by atoms with E-state index in [0.717, 1.165) is 17.7 Å². The Morgan fingerprint density at radius 3 is 2.81 bits per heavy atom. The molecule has 0 saturated carbocycles. The summed E-state index contributed by atoms with van der Waals surface area (Å²) in [4.78, 5) is 17.9. The molecule has 1 aliphatic rings. The van der Waals surface area contributed by atoms with E-state index in [1.807, 2.05) is 31.2 Å². The summed E-state index contributed by atoms with van der Waals surface area (Å²) in [7, 11) is 0. The van der Waals surface area contributed by atoms with Gasteiger partial charge in [0, 0.05) is 4.90 Å². The molecule has 0 aliphatic carbocycles. The molecule has 1 N–H and O–H groups in total. The predicted molar refractivity (Wildman–Crippen MR) is 102 cm³/mol. The predicted octanol–water partition coefficient (Wildman–Crippen LogP) is 3.47. The number of hydrogen-bond donors (Lipinski definition) is 1. The lowest BCUT2D eigenvalue weighted by Gasteiger charge is -2.17. The third-order valence-electron chi connectivity index (χ3n) is 4.62. The van der Waals surface area contributed by atoms with Crippen molar-refractivity contribution in [2.24, 2.45) is 0 Å². The Bertz CT molecular complexity index is 921. The Morgan fingerprint density at radius 1 is 1.27 bits per heavy atom. The minimum atomic E-state index is -0.0522. The van der Waals surface area contributed by atoms with Gasteiger partial charge in [0.1, 0.15) is 12.7 Å². The summed E-state index contributed by atoms with van der Waals surface area (Å²) in [5.41, 5.74) is 4.52. The Balaban J connectivity index is 1.40. The van der Waals surface area contributed by atoms with Crippen molar-refractivity contribution in [3.05, 3.63) is 71.8 Å². The van der Waals surface area contributed by atoms with E-state index in [1.165, 1.54) is 22.3 Å². The van der Waals surface area contributed by atoms with Gasteiger partial charge in [0.05, 0.1) is 17.0 Å². The Labute approximate surface area is 156 Å². The molecule has 5 nitrogen and oxygen atoms in total. The van der Waals surface area contributed by atoms with Crippen molar-refractivity contribution in [1.82, 2.24) is 20.1 Å². The Hall–Kier alpha value is -2.60. The molecule has 1 aromatic heterocycles. The van der Waals surface area contributed by atoms with E-state index >= 15 is 0 Å². The van der Waals surface area contributed by atoms with Gasteiger partial charge in [0.2, 0.25) is 5.91 Å². The molecule has 3 aromatic rings. The van der Waals surface area contributed by atoms with Crippen LogP contribution in [-0.4, -0.2) is 25.9 Å². The fourth-order valence-corrected chi connectivity index (χ4v) is 4.43. The van der Waals surface area contributed by atoms with Crippen LogP contribution in [0.3, 0.4) is 0 Å². The molecular weight excluding hydrogens is 344 g/mol. The molecule has 0 fully saturated rings. The van der Waals surface area contributed by atoms with Crippen LogP contribution in [0.25, 0.3) is 5.69 Å². The lowest BCUT2D eigenvalue weighted by atomic mass is 10.1. The highest BCUT2D eigenvalue weighted by atomic mass is 32.2. The van der Waals surface area contributed by atoms with Crippen LogP contribution in [-0.2, 0) is 11.2 Å². The summed E-state index contributed by atoms with van der Waals surface area (Å²) < 4.78 is 1.71. The molecule has 0 saturated heterocycles. The van der Waals surface area contributed by atoms with Crippen molar-refractivity contribution in [1.29, 1.82) is 0 Å². The second-order valence-corrected chi connectivity index (χ2v) is 7.83. The highest BCUT2D eigenvalue weighted by Crippen LogP contribution is 2.37. The summed E-state index contributed by atoms with van der Waals surface area (Å²) in [6.45, 7) is 4.10. The molecule has 4 rings (SSSR count). The number of carbonyl (C=O) groups excluding carboxylic acids is 1. The van der Waals surface area contributed by atoms with Gasteiger partial charge in [-0.3, -0.25) is 4.79 Å². The van der Waals surface area contributed by atoms with Crippen LogP contribution in [0.4, 0.5) is 0 Å². The molecular formula is C20H20N4OS. The first-order chi connectivity index (χ1) is 12.6. The number of hydrogen-bond acceptors (Lipinski definition) is 4. The van der Waals surface area contributed by atoms with Gasteiger partial charge in [0.25, 0.3) is 0 Å². The largest absolute Gasteiger partial charge is 0.349 e. The lowest BCUT2D eigenvalue weighted by molar-refractivity contribution is -0.121. The SMILES string of the molecule is Cc1ccc2c(c1)SC(C(=O)NC(C)c1ccc(-n3cncn3)cc1)C2. The van der Waals surface area contributed by atoms with Crippen LogP contribution in [0.2, 0.25) is 0 Å². The van der Waals surface area contributed by atoms with Crippen LogP contribution < -0.4 is 5.32 Å². The van der Waals surface area contributed by atoms with Gasteiger partial charge in [-0.05, 0) is 49.6 Å². The van der Waals surface area contributed by atoms with Crippen LogP contribution in [0.1, 0.15) is 29.7 Å². The van der Waals surface area contributed by atoms with Crippen LogP contribution in [0.15, 0.2) is 60.0 Å². The summed E-state index contributed by atoms with van der Waals surface area (Å²) in [5.74, 6) is 0.0942. The van der Waals surface area contributed by atoms with Crippen molar-refractivity contribution in [2.75, 3.05) is 0 Å². The normalized spacial score (nSPS) is 16.9. The number of carbonyl (C=O) groups is 1. The Kier molecular flexibility index (Phi) is 4.51. The van der Waals surface area contributed by atoms with E-state index in [-0.39, 0.29) is 17.2 Å². The molecule has 2 atom stereocenters. The van der Waals surface area contributed by atoms with E-state index in [4.69, 9.17) is 0 Å². The highest BCUT2D eigenvalue weighted by Gasteiger charge is 2.29. The van der Waals surface area contributed by atoms with Gasteiger partial charge >= 0.3 is 0 Å². The van der Waals surface area contributed by atoms with E-state index in [0.29, 0.717) is 0 Å². The molecule has 2 aromatic carbocycles. The molecule has 1 aliphatic heterocycles. The van der Waals surface area contributed by atoms with Crippen LogP contribution >= 0.6 is 11.8 Å². The van der Waals surface area contributed by atoms with Crippen LogP contribution in [0.5, 0.6) is 0 Å². The fraction of sp³-hybridized carbons (Fsp3) is 0.250. The number of nitrogens with one attached hydrogen (secondary N) is 1. The molecule has 0 bridgehead atoms. The fourth-order valence-electron chi connectivity index (χ4n) is 3.13. The number of rotatable bonds is 4. The number of fused-ring (bicyclic) bond motifs is 1. The first kappa shape index (κ1) is 16.8. The zero-order chi connectivity index (χ0) is 18.1. The topological polar surface area (TPSA) is 59.8 Å². The van der Waals surface area contributed by atoms with Crippen molar-refractivity contribution >= 4 is 17.7 Å². The number of thioether (sulfide) groups is 1. The lowest BCUT2D eigenvalue weighted by Crippen LogP contribution is -2.34. The summed E-state index contributed by atoms with van der Waals surface area (Å²) >= 11 is 1.67. The van der Waals surface area contributed by atoms with Gasteiger partial charge in [0.15, 0.2) is 0 Å². The number of aryl methyl sites for hydroxylation is 1. The third kappa shape index (κ3) is 3.37. The number of amides is 1. The molecule has 1 amide bonds. The van der Waals surface area contributed by atoms with Crippen LogP contribution in [0, 0.1) is 6.92 Å². The maximum Gasteiger partial charge on any atom is 0.234 e. The van der Waals surface area contributed by atoms with Crippen molar-refractivity contribution < 1.29 is 4.79 Å². The van der Waals surface area contributed by atoms with Gasteiger partial charge in [-0.25, -0.2) is 9.67 Å². The summed E-state index contributed by atoms with van der Waals surface area (Å²) in [6, 6.07) is 14.4. The number of benzene rings is 2. The zero-order valence-corrected chi connectivity index (χ0v) is 15.5. The van der Waals surface area contributed by atoms with Gasteiger partial charge in [-0.15, -0.1) is 11.8 Å². The van der Waals surface area contributed by atoms with Crippen molar-refractivity contribution in [3.63, 3.8) is 0 Å². The maximum atomic E-state index is 12.7. The molecule has 0 radical (unpaired) electrons. The molecule has 26 heavy (non-hydrogen) atoms. The van der Waals surface area contributed by atoms with Gasteiger partial charge in [-0.2, -0.15) is 5.10 Å². The molecule has 132 valence electrons. The molecule has 2 heterocycles. The minimum absolute atomic E-state index is 0.0432.